The lowest BCUT2D eigenvalue weighted by Gasteiger charge is -2.13. The maximum Gasteiger partial charge on any atom is 0.313 e. The van der Waals surface area contributed by atoms with Gasteiger partial charge in [0, 0.05) is 32.0 Å². The van der Waals surface area contributed by atoms with Crippen LogP contribution in [0.15, 0.2) is 42.5 Å². The van der Waals surface area contributed by atoms with E-state index in [0.717, 1.165) is 11.3 Å². The van der Waals surface area contributed by atoms with Crippen LogP contribution in [0.25, 0.3) is 0 Å². The van der Waals surface area contributed by atoms with E-state index in [1.807, 2.05) is 31.1 Å². The number of hydrogen-bond donors (Lipinski definition) is 2. The standard InChI is InChI=1S/C19H23N3O4/c1-22(2)15-8-6-14(7-9-15)21-19(24)18(23)20-12-13-5-10-16(25-3)17(11-13)26-4/h5-11H,12H2,1-4H3,(H,20,23)(H,21,24). The first-order valence-corrected chi connectivity index (χ1v) is 8.02. The lowest BCUT2D eigenvalue weighted by molar-refractivity contribution is -0.136. The van der Waals surface area contributed by atoms with Gasteiger partial charge >= 0.3 is 11.8 Å². The molecule has 0 radical (unpaired) electrons. The molecule has 0 spiro atoms. The summed E-state index contributed by atoms with van der Waals surface area (Å²) in [4.78, 5) is 25.9. The third-order valence-electron chi connectivity index (χ3n) is 3.75. The second-order valence-corrected chi connectivity index (χ2v) is 5.77. The lowest BCUT2D eigenvalue weighted by Crippen LogP contribution is -2.34. The molecule has 7 nitrogen and oxygen atoms in total. The first-order valence-electron chi connectivity index (χ1n) is 8.02. The molecule has 0 saturated heterocycles. The molecule has 7 heteroatoms. The summed E-state index contributed by atoms with van der Waals surface area (Å²) in [5, 5.41) is 5.15. The molecule has 0 aliphatic heterocycles. The number of methoxy groups -OCH3 is 2. The molecule has 2 N–H and O–H groups in total. The zero-order chi connectivity index (χ0) is 19.1. The van der Waals surface area contributed by atoms with Crippen molar-refractivity contribution in [2.75, 3.05) is 38.5 Å². The smallest absolute Gasteiger partial charge is 0.313 e. The number of nitrogens with one attached hydrogen (secondary N) is 2. The van der Waals surface area contributed by atoms with Crippen molar-refractivity contribution < 1.29 is 19.1 Å². The largest absolute Gasteiger partial charge is 0.493 e. The minimum Gasteiger partial charge on any atom is -0.493 e. The Labute approximate surface area is 152 Å². The SMILES string of the molecule is COc1ccc(CNC(=O)C(=O)Nc2ccc(N(C)C)cc2)cc1OC. The van der Waals surface area contributed by atoms with Crippen molar-refractivity contribution in [3.05, 3.63) is 48.0 Å². The molecule has 0 aromatic heterocycles. The Balaban J connectivity index is 1.92. The number of ether oxygens (including phenoxy) is 2. The molecule has 0 aliphatic rings. The van der Waals surface area contributed by atoms with E-state index in [4.69, 9.17) is 9.47 Å². The second kappa shape index (κ2) is 8.75. The number of benzene rings is 2. The number of carbonyl (C=O) groups excluding carboxylic acids is 2. The van der Waals surface area contributed by atoms with Crippen LogP contribution in [-0.4, -0.2) is 40.1 Å². The first kappa shape index (κ1) is 19.1. The summed E-state index contributed by atoms with van der Waals surface area (Å²) in [6.45, 7) is 0.201. The molecule has 2 rings (SSSR count). The van der Waals surface area contributed by atoms with Gasteiger partial charge in [-0.2, -0.15) is 0 Å². The second-order valence-electron chi connectivity index (χ2n) is 5.77. The number of amides is 2. The van der Waals surface area contributed by atoms with Gasteiger partial charge in [-0.15, -0.1) is 0 Å². The van der Waals surface area contributed by atoms with E-state index in [1.165, 1.54) is 7.11 Å². The van der Waals surface area contributed by atoms with Gasteiger partial charge < -0.3 is 25.0 Å². The number of hydrogen-bond acceptors (Lipinski definition) is 5. The van der Waals surface area contributed by atoms with E-state index < -0.39 is 11.8 Å². The highest BCUT2D eigenvalue weighted by atomic mass is 16.5. The van der Waals surface area contributed by atoms with Gasteiger partial charge in [0.05, 0.1) is 14.2 Å². The highest BCUT2D eigenvalue weighted by Crippen LogP contribution is 2.27. The fourth-order valence-electron chi connectivity index (χ4n) is 2.28. The van der Waals surface area contributed by atoms with Crippen LogP contribution < -0.4 is 25.0 Å². The van der Waals surface area contributed by atoms with Crippen LogP contribution in [0.1, 0.15) is 5.56 Å². The summed E-state index contributed by atoms with van der Waals surface area (Å²) >= 11 is 0. The average Bonchev–Trinajstić information content (AvgIpc) is 2.66. The highest BCUT2D eigenvalue weighted by Gasteiger charge is 2.14. The number of anilines is 2. The molecule has 0 heterocycles. The van der Waals surface area contributed by atoms with Gasteiger partial charge in [0.15, 0.2) is 11.5 Å². The minimum atomic E-state index is -0.719. The van der Waals surface area contributed by atoms with Gasteiger partial charge in [0.25, 0.3) is 0 Å². The minimum absolute atomic E-state index is 0.201. The molecule has 0 unspecified atom stereocenters. The summed E-state index contributed by atoms with van der Waals surface area (Å²) in [6, 6.07) is 12.5. The summed E-state index contributed by atoms with van der Waals surface area (Å²) < 4.78 is 10.4. The van der Waals surface area contributed by atoms with Gasteiger partial charge in [-0.1, -0.05) is 6.07 Å². The average molecular weight is 357 g/mol. The van der Waals surface area contributed by atoms with Gasteiger partial charge in [-0.3, -0.25) is 9.59 Å². The van der Waals surface area contributed by atoms with Crippen LogP contribution in [0.3, 0.4) is 0 Å². The Morgan fingerprint density at radius 2 is 1.58 bits per heavy atom. The van der Waals surface area contributed by atoms with Crippen LogP contribution >= 0.6 is 0 Å². The molecule has 0 saturated carbocycles. The van der Waals surface area contributed by atoms with Crippen molar-refractivity contribution in [2.45, 2.75) is 6.54 Å². The Morgan fingerprint density at radius 1 is 0.923 bits per heavy atom. The Bertz CT molecular complexity index is 773. The molecule has 26 heavy (non-hydrogen) atoms. The summed E-state index contributed by atoms with van der Waals surface area (Å²) in [7, 11) is 6.94. The van der Waals surface area contributed by atoms with E-state index >= 15 is 0 Å². The highest BCUT2D eigenvalue weighted by molar-refractivity contribution is 6.39. The monoisotopic (exact) mass is 357 g/mol. The third kappa shape index (κ3) is 4.89. The van der Waals surface area contributed by atoms with Crippen molar-refractivity contribution in [2.24, 2.45) is 0 Å². The fraction of sp³-hybridized carbons (Fsp3) is 0.263. The van der Waals surface area contributed by atoms with Crippen molar-refractivity contribution >= 4 is 23.2 Å². The summed E-state index contributed by atoms with van der Waals surface area (Å²) in [5.41, 5.74) is 2.35. The van der Waals surface area contributed by atoms with Crippen LogP contribution in [-0.2, 0) is 16.1 Å². The molecule has 0 aliphatic carbocycles. The van der Waals surface area contributed by atoms with Crippen LogP contribution in [0.5, 0.6) is 11.5 Å². The normalized spacial score (nSPS) is 10.0. The number of nitrogens with zero attached hydrogens (tertiary/aromatic N) is 1. The lowest BCUT2D eigenvalue weighted by atomic mass is 10.2. The molecule has 2 aromatic carbocycles. The predicted molar refractivity (Wildman–Crippen MR) is 101 cm³/mol. The van der Waals surface area contributed by atoms with Crippen molar-refractivity contribution in [1.82, 2.24) is 5.32 Å². The number of carbonyl (C=O) groups is 2. The van der Waals surface area contributed by atoms with Crippen LogP contribution in [0, 0.1) is 0 Å². The first-order chi connectivity index (χ1) is 12.4. The molecule has 0 fully saturated rings. The zero-order valence-electron chi connectivity index (χ0n) is 15.3. The zero-order valence-corrected chi connectivity index (χ0v) is 15.3. The van der Waals surface area contributed by atoms with Crippen molar-refractivity contribution in [1.29, 1.82) is 0 Å². The molecule has 2 aromatic rings. The quantitative estimate of drug-likeness (QED) is 0.773. The van der Waals surface area contributed by atoms with Crippen LogP contribution in [0.4, 0.5) is 11.4 Å². The van der Waals surface area contributed by atoms with Gasteiger partial charge in [0.2, 0.25) is 0 Å². The summed E-state index contributed by atoms with van der Waals surface area (Å²) in [6.07, 6.45) is 0. The molecular weight excluding hydrogens is 334 g/mol. The van der Waals surface area contributed by atoms with Crippen LogP contribution in [0.2, 0.25) is 0 Å². The molecule has 0 atom stereocenters. The van der Waals surface area contributed by atoms with Gasteiger partial charge in [0.1, 0.15) is 0 Å². The number of rotatable bonds is 6. The molecule has 0 bridgehead atoms. The van der Waals surface area contributed by atoms with E-state index in [2.05, 4.69) is 10.6 Å². The fourth-order valence-corrected chi connectivity index (χ4v) is 2.28. The van der Waals surface area contributed by atoms with E-state index in [1.54, 1.807) is 37.4 Å². The summed E-state index contributed by atoms with van der Waals surface area (Å²) in [5.74, 6) is -0.272. The maximum absolute atomic E-state index is 12.0. The van der Waals surface area contributed by atoms with Gasteiger partial charge in [-0.25, -0.2) is 0 Å². The maximum atomic E-state index is 12.0. The van der Waals surface area contributed by atoms with E-state index in [0.29, 0.717) is 17.2 Å². The Kier molecular flexibility index (Phi) is 6.43. The topological polar surface area (TPSA) is 79.9 Å². The molecule has 2 amide bonds. The van der Waals surface area contributed by atoms with Gasteiger partial charge in [-0.05, 0) is 42.0 Å². The van der Waals surface area contributed by atoms with E-state index in [9.17, 15) is 9.59 Å². The third-order valence-corrected chi connectivity index (χ3v) is 3.75. The van der Waals surface area contributed by atoms with Crippen molar-refractivity contribution in [3.63, 3.8) is 0 Å². The van der Waals surface area contributed by atoms with Crippen molar-refractivity contribution in [3.8, 4) is 11.5 Å². The molecule has 138 valence electrons. The molecular formula is C19H23N3O4. The Morgan fingerprint density at radius 3 is 2.15 bits per heavy atom. The Hall–Kier alpha value is -3.22. The van der Waals surface area contributed by atoms with E-state index in [-0.39, 0.29) is 6.54 Å². The predicted octanol–water partition coefficient (Wildman–Crippen LogP) is 2.02.